The number of halogens is 2. The Kier molecular flexibility index (Phi) is 4.18. The minimum absolute atomic E-state index is 0.348. The average molecular weight is 311 g/mol. The number of rotatable bonds is 3. The van der Waals surface area contributed by atoms with Crippen molar-refractivity contribution in [1.82, 2.24) is 5.48 Å². The van der Waals surface area contributed by atoms with E-state index in [2.05, 4.69) is 37.3 Å². The van der Waals surface area contributed by atoms with Gasteiger partial charge in [0.1, 0.15) is 5.75 Å². The van der Waals surface area contributed by atoms with E-state index in [1.165, 1.54) is 0 Å². The summed E-state index contributed by atoms with van der Waals surface area (Å²) in [5, 5.41) is 8.59. The highest BCUT2D eigenvalue weighted by Gasteiger charge is 2.08. The molecule has 0 spiro atoms. The lowest BCUT2D eigenvalue weighted by Gasteiger charge is -2.10. The van der Waals surface area contributed by atoms with Crippen LogP contribution in [0.5, 0.6) is 5.75 Å². The molecule has 0 bridgehead atoms. The number of benzene rings is 1. The van der Waals surface area contributed by atoms with Gasteiger partial charge in [-0.05, 0) is 28.1 Å². The molecule has 1 aromatic rings. The fourth-order valence-electron chi connectivity index (χ4n) is 1.06. The fraction of sp³-hybridized carbons (Fsp3) is 0.250. The van der Waals surface area contributed by atoms with E-state index in [9.17, 15) is 0 Å². The minimum atomic E-state index is 0.348. The van der Waals surface area contributed by atoms with Gasteiger partial charge in [0.25, 0.3) is 0 Å². The Hall–Kier alpha value is -0.100. The molecule has 0 aliphatic heterocycles. The molecule has 0 saturated carbocycles. The molecule has 13 heavy (non-hydrogen) atoms. The molecule has 1 rings (SSSR count). The van der Waals surface area contributed by atoms with E-state index in [4.69, 9.17) is 9.94 Å². The first kappa shape index (κ1) is 11.0. The van der Waals surface area contributed by atoms with Crippen LogP contribution in [0.15, 0.2) is 21.1 Å². The van der Waals surface area contributed by atoms with Gasteiger partial charge in [-0.15, -0.1) is 0 Å². The summed E-state index contributed by atoms with van der Waals surface area (Å²) in [5.74, 6) is 0.727. The van der Waals surface area contributed by atoms with E-state index < -0.39 is 0 Å². The van der Waals surface area contributed by atoms with Crippen LogP contribution in [0.2, 0.25) is 0 Å². The van der Waals surface area contributed by atoms with Crippen molar-refractivity contribution in [1.29, 1.82) is 0 Å². The molecular formula is C8H9Br2NO2. The van der Waals surface area contributed by atoms with Crippen LogP contribution >= 0.6 is 31.9 Å². The van der Waals surface area contributed by atoms with Crippen LogP contribution in [-0.2, 0) is 6.54 Å². The summed E-state index contributed by atoms with van der Waals surface area (Å²) in [6.07, 6.45) is 0. The summed E-state index contributed by atoms with van der Waals surface area (Å²) in [6.45, 7) is 0.348. The van der Waals surface area contributed by atoms with Crippen LogP contribution in [0.3, 0.4) is 0 Å². The summed E-state index contributed by atoms with van der Waals surface area (Å²) < 4.78 is 6.96. The predicted octanol–water partition coefficient (Wildman–Crippen LogP) is 2.70. The molecule has 0 atom stereocenters. The van der Waals surface area contributed by atoms with Crippen LogP contribution < -0.4 is 10.2 Å². The van der Waals surface area contributed by atoms with Gasteiger partial charge in [-0.3, -0.25) is 0 Å². The standard InChI is InChI=1S/C8H9Br2NO2/c1-13-8-5(4-11-12)2-6(9)3-7(8)10/h2-3,11-12H,4H2,1H3. The van der Waals surface area contributed by atoms with E-state index in [1.54, 1.807) is 7.11 Å². The Labute approximate surface area is 93.3 Å². The van der Waals surface area contributed by atoms with Crippen molar-refractivity contribution in [2.24, 2.45) is 0 Å². The normalized spacial score (nSPS) is 10.2. The molecule has 1 aromatic carbocycles. The van der Waals surface area contributed by atoms with Gasteiger partial charge in [0, 0.05) is 16.6 Å². The number of ether oxygens (including phenoxy) is 1. The van der Waals surface area contributed by atoms with Crippen molar-refractivity contribution in [3.63, 3.8) is 0 Å². The summed E-state index contributed by atoms with van der Waals surface area (Å²) in [7, 11) is 1.59. The van der Waals surface area contributed by atoms with Gasteiger partial charge < -0.3 is 9.94 Å². The van der Waals surface area contributed by atoms with Crippen molar-refractivity contribution in [3.8, 4) is 5.75 Å². The molecule has 72 valence electrons. The topological polar surface area (TPSA) is 41.5 Å². The first-order chi connectivity index (χ1) is 6.19. The Morgan fingerprint density at radius 1 is 1.46 bits per heavy atom. The van der Waals surface area contributed by atoms with Gasteiger partial charge in [0.15, 0.2) is 0 Å². The van der Waals surface area contributed by atoms with E-state index >= 15 is 0 Å². The molecule has 5 heteroatoms. The SMILES string of the molecule is COc1c(Br)cc(Br)cc1CNO. The Bertz CT molecular complexity index is 304. The number of hydrogen-bond donors (Lipinski definition) is 2. The van der Waals surface area contributed by atoms with Crippen LogP contribution in [0.25, 0.3) is 0 Å². The first-order valence-electron chi connectivity index (χ1n) is 3.58. The molecule has 0 aliphatic rings. The van der Waals surface area contributed by atoms with Crippen molar-refractivity contribution in [3.05, 3.63) is 26.6 Å². The van der Waals surface area contributed by atoms with Crippen molar-refractivity contribution >= 4 is 31.9 Å². The number of methoxy groups -OCH3 is 1. The van der Waals surface area contributed by atoms with E-state index in [0.29, 0.717) is 6.54 Å². The third-order valence-corrected chi connectivity index (χ3v) is 2.61. The fourth-order valence-corrected chi connectivity index (χ4v) is 2.53. The molecule has 2 N–H and O–H groups in total. The number of hydroxylamine groups is 1. The van der Waals surface area contributed by atoms with E-state index in [-0.39, 0.29) is 0 Å². The van der Waals surface area contributed by atoms with Gasteiger partial charge >= 0.3 is 0 Å². The highest BCUT2D eigenvalue weighted by atomic mass is 79.9. The Morgan fingerprint density at radius 2 is 2.15 bits per heavy atom. The summed E-state index contributed by atoms with van der Waals surface area (Å²) in [4.78, 5) is 0. The number of nitrogens with one attached hydrogen (secondary N) is 1. The molecule has 0 aromatic heterocycles. The second kappa shape index (κ2) is 4.95. The van der Waals surface area contributed by atoms with Crippen molar-refractivity contribution in [2.45, 2.75) is 6.54 Å². The molecule has 0 fully saturated rings. The maximum atomic E-state index is 8.59. The molecule has 0 unspecified atom stereocenters. The van der Waals surface area contributed by atoms with Crippen LogP contribution in [0.1, 0.15) is 5.56 Å². The highest BCUT2D eigenvalue weighted by molar-refractivity contribution is 9.11. The van der Waals surface area contributed by atoms with Crippen molar-refractivity contribution in [2.75, 3.05) is 7.11 Å². The number of hydrogen-bond acceptors (Lipinski definition) is 3. The second-order valence-corrected chi connectivity index (χ2v) is 4.18. The van der Waals surface area contributed by atoms with Gasteiger partial charge in [-0.1, -0.05) is 15.9 Å². The smallest absolute Gasteiger partial charge is 0.137 e. The van der Waals surface area contributed by atoms with E-state index in [1.807, 2.05) is 12.1 Å². The predicted molar refractivity (Wildman–Crippen MR) is 57.0 cm³/mol. The lowest BCUT2D eigenvalue weighted by Crippen LogP contribution is -2.07. The van der Waals surface area contributed by atoms with Crippen LogP contribution in [-0.4, -0.2) is 12.3 Å². The zero-order valence-corrected chi connectivity index (χ0v) is 10.1. The first-order valence-corrected chi connectivity index (χ1v) is 5.16. The zero-order chi connectivity index (χ0) is 9.84. The summed E-state index contributed by atoms with van der Waals surface area (Å²) in [5.41, 5.74) is 2.97. The third kappa shape index (κ3) is 2.67. The largest absolute Gasteiger partial charge is 0.495 e. The van der Waals surface area contributed by atoms with Crippen LogP contribution in [0.4, 0.5) is 0 Å². The molecule has 0 heterocycles. The Balaban J connectivity index is 3.13. The highest BCUT2D eigenvalue weighted by Crippen LogP contribution is 2.32. The lowest BCUT2D eigenvalue weighted by atomic mass is 10.2. The van der Waals surface area contributed by atoms with Gasteiger partial charge in [-0.25, -0.2) is 5.48 Å². The zero-order valence-electron chi connectivity index (χ0n) is 6.97. The summed E-state index contributed by atoms with van der Waals surface area (Å²) in [6, 6.07) is 3.77. The van der Waals surface area contributed by atoms with Crippen LogP contribution in [0, 0.1) is 0 Å². The van der Waals surface area contributed by atoms with Gasteiger partial charge in [0.2, 0.25) is 0 Å². The maximum absolute atomic E-state index is 8.59. The Morgan fingerprint density at radius 3 is 2.69 bits per heavy atom. The van der Waals surface area contributed by atoms with E-state index in [0.717, 1.165) is 20.3 Å². The quantitative estimate of drug-likeness (QED) is 0.844. The molecule has 0 saturated heterocycles. The third-order valence-electron chi connectivity index (χ3n) is 1.56. The monoisotopic (exact) mass is 309 g/mol. The average Bonchev–Trinajstić information content (AvgIpc) is 2.04. The molecule has 0 amide bonds. The molecule has 0 aliphatic carbocycles. The lowest BCUT2D eigenvalue weighted by molar-refractivity contribution is 0.160. The minimum Gasteiger partial charge on any atom is -0.495 e. The molecular weight excluding hydrogens is 302 g/mol. The van der Waals surface area contributed by atoms with Gasteiger partial charge in [0.05, 0.1) is 11.6 Å². The van der Waals surface area contributed by atoms with Gasteiger partial charge in [-0.2, -0.15) is 0 Å². The molecule has 0 radical (unpaired) electrons. The molecule has 3 nitrogen and oxygen atoms in total. The summed E-state index contributed by atoms with van der Waals surface area (Å²) >= 11 is 6.72. The second-order valence-electron chi connectivity index (χ2n) is 2.41. The maximum Gasteiger partial charge on any atom is 0.137 e. The van der Waals surface area contributed by atoms with Crippen molar-refractivity contribution < 1.29 is 9.94 Å².